The first kappa shape index (κ1) is 32.6. The molecule has 0 fully saturated rings. The molecule has 0 atom stereocenters. The Morgan fingerprint density at radius 1 is 0.851 bits per heavy atom. The van der Waals surface area contributed by atoms with Gasteiger partial charge in [-0.15, -0.1) is 23.1 Å². The minimum Gasteiger partial charge on any atom is -0.383 e. The molecule has 240 valence electrons. The number of carbonyl (C=O) groups excluding carboxylic acids is 1. The summed E-state index contributed by atoms with van der Waals surface area (Å²) in [6.45, 7) is 0.759. The molecule has 47 heavy (non-hydrogen) atoms. The number of hydrogen-bond donors (Lipinski definition) is 2. The predicted molar refractivity (Wildman–Crippen MR) is 193 cm³/mol. The number of para-hydroxylation sites is 1. The minimum atomic E-state index is -3.84. The van der Waals surface area contributed by atoms with Gasteiger partial charge in [-0.25, -0.2) is 8.42 Å². The van der Waals surface area contributed by atoms with Crippen LogP contribution in [0.25, 0.3) is 10.9 Å². The number of thiophene rings is 1. The Bertz CT molecular complexity index is 1920. The van der Waals surface area contributed by atoms with Crippen LogP contribution in [0.15, 0.2) is 137 Å². The summed E-state index contributed by atoms with van der Waals surface area (Å²) in [7, 11) is -2.30. The van der Waals surface area contributed by atoms with Gasteiger partial charge < -0.3 is 15.0 Å². The van der Waals surface area contributed by atoms with Crippen LogP contribution in [0.3, 0.4) is 0 Å². The number of anilines is 1. The van der Waals surface area contributed by atoms with Crippen LogP contribution >= 0.6 is 23.1 Å². The number of aromatic nitrogens is 1. The summed E-state index contributed by atoms with van der Waals surface area (Å²) in [4.78, 5) is 16.7. The summed E-state index contributed by atoms with van der Waals surface area (Å²) in [5.74, 6) is 0.377. The van der Waals surface area contributed by atoms with E-state index >= 15 is 0 Å². The van der Waals surface area contributed by atoms with Gasteiger partial charge in [-0.05, 0) is 40.3 Å². The largest absolute Gasteiger partial charge is 0.383 e. The van der Waals surface area contributed by atoms with E-state index in [4.69, 9.17) is 4.74 Å². The number of fused-ring (bicyclic) bond motifs is 1. The van der Waals surface area contributed by atoms with Gasteiger partial charge in [-0.2, -0.15) is 0 Å². The number of amides is 1. The molecule has 0 spiro atoms. The number of benzene rings is 4. The van der Waals surface area contributed by atoms with Crippen molar-refractivity contribution >= 4 is 55.6 Å². The molecule has 0 saturated carbocycles. The van der Waals surface area contributed by atoms with Crippen LogP contribution in [-0.2, 0) is 19.5 Å². The van der Waals surface area contributed by atoms with Crippen LogP contribution in [0, 0.1) is 0 Å². The minimum absolute atomic E-state index is 0.125. The van der Waals surface area contributed by atoms with Crippen molar-refractivity contribution in [3.8, 4) is 0 Å². The van der Waals surface area contributed by atoms with Crippen molar-refractivity contribution in [3.05, 3.63) is 155 Å². The molecule has 7 nitrogen and oxygen atoms in total. The third-order valence-electron chi connectivity index (χ3n) is 7.93. The zero-order chi connectivity index (χ0) is 32.7. The Morgan fingerprint density at radius 2 is 1.47 bits per heavy atom. The first-order chi connectivity index (χ1) is 22.9. The summed E-state index contributed by atoms with van der Waals surface area (Å²) in [6.07, 6.45) is 0. The molecule has 6 aromatic rings. The zero-order valence-corrected chi connectivity index (χ0v) is 28.3. The van der Waals surface area contributed by atoms with Crippen LogP contribution in [-0.4, -0.2) is 51.9 Å². The second-order valence-electron chi connectivity index (χ2n) is 10.8. The van der Waals surface area contributed by atoms with Crippen molar-refractivity contribution in [2.75, 3.05) is 36.9 Å². The predicted octanol–water partition coefficient (Wildman–Crippen LogP) is 7.53. The zero-order valence-electron chi connectivity index (χ0n) is 25.8. The van der Waals surface area contributed by atoms with Gasteiger partial charge in [0.2, 0.25) is 0 Å². The topological polar surface area (TPSA) is 91.5 Å². The molecule has 10 heteroatoms. The highest BCUT2D eigenvalue weighted by Crippen LogP contribution is 2.48. The fourth-order valence-electron chi connectivity index (χ4n) is 5.77. The van der Waals surface area contributed by atoms with Crippen molar-refractivity contribution in [1.82, 2.24) is 10.3 Å². The van der Waals surface area contributed by atoms with E-state index in [1.54, 1.807) is 47.5 Å². The molecule has 0 bridgehead atoms. The number of aromatic amines is 1. The highest BCUT2D eigenvalue weighted by atomic mass is 32.2. The maximum atomic E-state index is 13.6. The molecule has 1 amide bonds. The Kier molecular flexibility index (Phi) is 10.1. The van der Waals surface area contributed by atoms with Crippen molar-refractivity contribution in [2.24, 2.45) is 0 Å². The summed E-state index contributed by atoms with van der Waals surface area (Å²) in [6, 6.07) is 41.8. The highest BCUT2D eigenvalue weighted by Gasteiger charge is 2.36. The first-order valence-electron chi connectivity index (χ1n) is 15.2. The number of rotatable bonds is 14. The van der Waals surface area contributed by atoms with Crippen LogP contribution < -0.4 is 9.62 Å². The van der Waals surface area contributed by atoms with E-state index in [0.717, 1.165) is 33.4 Å². The monoisotopic (exact) mass is 681 g/mol. The Balaban J connectivity index is 1.24. The van der Waals surface area contributed by atoms with Gasteiger partial charge in [0, 0.05) is 24.8 Å². The summed E-state index contributed by atoms with van der Waals surface area (Å²) >= 11 is 2.94. The third-order valence-corrected chi connectivity index (χ3v) is 12.7. The Labute approximate surface area is 283 Å². The lowest BCUT2D eigenvalue weighted by Crippen LogP contribution is -2.33. The lowest BCUT2D eigenvalue weighted by Gasteiger charge is -2.35. The number of sulfonamides is 1. The van der Waals surface area contributed by atoms with E-state index in [0.29, 0.717) is 29.2 Å². The maximum Gasteiger partial charge on any atom is 0.273 e. The highest BCUT2D eigenvalue weighted by molar-refractivity contribution is 8.00. The number of nitrogens with zero attached hydrogens (tertiary/aromatic N) is 1. The average molecular weight is 682 g/mol. The van der Waals surface area contributed by atoms with Crippen molar-refractivity contribution in [2.45, 2.75) is 8.96 Å². The normalized spacial score (nSPS) is 11.9. The Morgan fingerprint density at radius 3 is 2.02 bits per heavy atom. The second-order valence-corrected chi connectivity index (χ2v) is 15.2. The summed E-state index contributed by atoms with van der Waals surface area (Å²) in [5, 5.41) is 5.56. The summed E-state index contributed by atoms with van der Waals surface area (Å²) < 4.78 is 33.6. The molecule has 2 heterocycles. The first-order valence-corrected chi connectivity index (χ1v) is 18.5. The lowest BCUT2D eigenvalue weighted by atomic mass is 9.84. The number of ether oxygens (including phenoxy) is 1. The van der Waals surface area contributed by atoms with Gasteiger partial charge in [0.1, 0.15) is 9.90 Å². The maximum absolute atomic E-state index is 13.6. The molecule has 0 radical (unpaired) electrons. The third kappa shape index (κ3) is 6.73. The average Bonchev–Trinajstić information content (AvgIpc) is 3.82. The number of thioether (sulfide) groups is 1. The molecule has 2 aromatic heterocycles. The molecule has 0 aliphatic rings. The van der Waals surface area contributed by atoms with Crippen LogP contribution in [0.1, 0.15) is 27.2 Å². The SMILES string of the molecule is COCCN(c1cccc2cc(C(=O)NCCSC(c3ccccc3)(c3ccccc3)c3ccccc3)[nH]c12)S(=O)(=O)c1cccs1. The van der Waals surface area contributed by atoms with E-state index in [1.165, 1.54) is 11.4 Å². The standard InChI is InChI=1S/C37H35N3O4S3/c1-44-24-23-40(47(42,43)34-21-12-25-45-34)33-20-11-13-28-27-32(39-35(28)33)36(41)38-22-26-46-37(29-14-5-2-6-15-29,30-16-7-3-8-17-30)31-18-9-4-10-19-31/h2-21,25,27,39H,22-24,26H2,1H3,(H,38,41). The molecule has 0 unspecified atom stereocenters. The summed E-state index contributed by atoms with van der Waals surface area (Å²) in [5.41, 5.74) is 4.87. The quantitative estimate of drug-likeness (QED) is 0.0917. The van der Waals surface area contributed by atoms with Crippen molar-refractivity contribution < 1.29 is 17.9 Å². The molecule has 2 N–H and O–H groups in total. The van der Waals surface area contributed by atoms with Gasteiger partial charge in [0.25, 0.3) is 15.9 Å². The van der Waals surface area contributed by atoms with Crippen LogP contribution in [0.2, 0.25) is 0 Å². The van der Waals surface area contributed by atoms with E-state index < -0.39 is 14.8 Å². The lowest BCUT2D eigenvalue weighted by molar-refractivity contribution is 0.0952. The van der Waals surface area contributed by atoms with E-state index in [9.17, 15) is 13.2 Å². The van der Waals surface area contributed by atoms with Crippen molar-refractivity contribution in [1.29, 1.82) is 0 Å². The molecule has 4 aromatic carbocycles. The van der Waals surface area contributed by atoms with Gasteiger partial charge in [0.15, 0.2) is 0 Å². The number of carbonyl (C=O) groups is 1. The second kappa shape index (κ2) is 14.6. The van der Waals surface area contributed by atoms with Gasteiger partial charge >= 0.3 is 0 Å². The fraction of sp³-hybridized carbons (Fsp3) is 0.162. The molecule has 0 aliphatic heterocycles. The number of nitrogens with one attached hydrogen (secondary N) is 2. The van der Waals surface area contributed by atoms with E-state index in [-0.39, 0.29) is 23.3 Å². The number of hydrogen-bond acceptors (Lipinski definition) is 6. The van der Waals surface area contributed by atoms with Crippen LogP contribution in [0.5, 0.6) is 0 Å². The molecule has 6 rings (SSSR count). The molecule has 0 saturated heterocycles. The smallest absolute Gasteiger partial charge is 0.273 e. The Hall–Kier alpha value is -4.35. The molecular formula is C37H35N3O4S3. The van der Waals surface area contributed by atoms with Gasteiger partial charge in [0.05, 0.1) is 29.1 Å². The van der Waals surface area contributed by atoms with Crippen LogP contribution in [0.4, 0.5) is 5.69 Å². The molecule has 0 aliphatic carbocycles. The van der Waals surface area contributed by atoms with Gasteiger partial charge in [-0.1, -0.05) is 109 Å². The fourth-order valence-corrected chi connectivity index (χ4v) is 9.75. The van der Waals surface area contributed by atoms with Gasteiger partial charge in [-0.3, -0.25) is 9.10 Å². The van der Waals surface area contributed by atoms with Crippen molar-refractivity contribution in [3.63, 3.8) is 0 Å². The number of methoxy groups -OCH3 is 1. The molecular weight excluding hydrogens is 647 g/mol. The van der Waals surface area contributed by atoms with E-state index in [1.807, 2.05) is 24.3 Å². The van der Waals surface area contributed by atoms with E-state index in [2.05, 4.69) is 83.1 Å². The number of H-pyrrole nitrogens is 1.